The number of hydrogen-bond acceptors (Lipinski definition) is 1. The van der Waals surface area contributed by atoms with Crippen molar-refractivity contribution in [1.29, 1.82) is 0 Å². The number of hydrogen-bond donors (Lipinski definition) is 1. The third kappa shape index (κ3) is 1.67. The average molecular weight is 157 g/mol. The third-order valence-electron chi connectivity index (χ3n) is 1.55. The summed E-state index contributed by atoms with van der Waals surface area (Å²) < 4.78 is 24.1. The average Bonchev–Trinajstić information content (AvgIpc) is 1.94. The first-order chi connectivity index (χ1) is 5.11. The van der Waals surface area contributed by atoms with E-state index in [9.17, 15) is 8.78 Å². The highest BCUT2D eigenvalue weighted by molar-refractivity contribution is 5.47. The van der Waals surface area contributed by atoms with Gasteiger partial charge in [-0.25, -0.2) is 8.78 Å². The second-order valence-corrected chi connectivity index (χ2v) is 2.42. The molecule has 0 radical (unpaired) electrons. The third-order valence-corrected chi connectivity index (χ3v) is 1.55. The van der Waals surface area contributed by atoms with Gasteiger partial charge in [0.05, 0.1) is 0 Å². The van der Waals surface area contributed by atoms with Crippen LogP contribution in [0.3, 0.4) is 0 Å². The molecule has 1 aromatic rings. The Morgan fingerprint density at radius 1 is 1.36 bits per heavy atom. The number of aryl methyl sites for hydroxylation is 1. The minimum Gasteiger partial charge on any atom is -0.399 e. The van der Waals surface area contributed by atoms with Gasteiger partial charge >= 0.3 is 0 Å². The molecule has 11 heavy (non-hydrogen) atoms. The Morgan fingerprint density at radius 3 is 2.45 bits per heavy atom. The maximum Gasteiger partial charge on any atom is 0.263 e. The van der Waals surface area contributed by atoms with Crippen LogP contribution in [0.5, 0.6) is 0 Å². The van der Waals surface area contributed by atoms with Gasteiger partial charge in [0.1, 0.15) is 0 Å². The highest BCUT2D eigenvalue weighted by Crippen LogP contribution is 2.21. The fraction of sp³-hybridized carbons (Fsp3) is 0.250. The Labute approximate surface area is 63.8 Å². The minimum absolute atomic E-state index is 0.0247. The molecular formula is C8H9F2N. The number of anilines is 1. The maximum absolute atomic E-state index is 12.0. The van der Waals surface area contributed by atoms with Gasteiger partial charge in [-0.2, -0.15) is 0 Å². The Morgan fingerprint density at radius 2 is 2.00 bits per heavy atom. The zero-order chi connectivity index (χ0) is 8.43. The molecule has 1 nitrogen and oxygen atoms in total. The van der Waals surface area contributed by atoms with Gasteiger partial charge in [0.25, 0.3) is 6.43 Å². The molecule has 0 aromatic heterocycles. The minimum atomic E-state index is -2.41. The van der Waals surface area contributed by atoms with Gasteiger partial charge in [0.2, 0.25) is 0 Å². The van der Waals surface area contributed by atoms with Crippen molar-refractivity contribution < 1.29 is 8.78 Å². The molecular weight excluding hydrogens is 148 g/mol. The second kappa shape index (κ2) is 2.86. The van der Waals surface area contributed by atoms with E-state index in [0.717, 1.165) is 0 Å². The highest BCUT2D eigenvalue weighted by atomic mass is 19.3. The lowest BCUT2D eigenvalue weighted by Crippen LogP contribution is -1.91. The summed E-state index contributed by atoms with van der Waals surface area (Å²) in [4.78, 5) is 0. The first-order valence-corrected chi connectivity index (χ1v) is 3.25. The molecule has 1 aromatic carbocycles. The zero-order valence-electron chi connectivity index (χ0n) is 6.14. The quantitative estimate of drug-likeness (QED) is 0.623. The van der Waals surface area contributed by atoms with E-state index in [0.29, 0.717) is 11.3 Å². The van der Waals surface area contributed by atoms with Crippen LogP contribution in [-0.4, -0.2) is 0 Å². The Bertz CT molecular complexity index is 258. The van der Waals surface area contributed by atoms with Crippen LogP contribution >= 0.6 is 0 Å². The summed E-state index contributed by atoms with van der Waals surface area (Å²) in [5.74, 6) is 0. The van der Waals surface area contributed by atoms with Crippen LogP contribution in [0.4, 0.5) is 14.5 Å². The molecule has 0 amide bonds. The molecule has 0 aliphatic carbocycles. The van der Waals surface area contributed by atoms with Crippen molar-refractivity contribution >= 4 is 5.69 Å². The molecule has 1 rings (SSSR count). The van der Waals surface area contributed by atoms with E-state index < -0.39 is 6.43 Å². The SMILES string of the molecule is Cc1cc(C(F)F)ccc1N. The normalized spacial score (nSPS) is 10.5. The van der Waals surface area contributed by atoms with Crippen LogP contribution in [0, 0.1) is 6.92 Å². The van der Waals surface area contributed by atoms with E-state index in [1.807, 2.05) is 0 Å². The van der Waals surface area contributed by atoms with Gasteiger partial charge in [0.15, 0.2) is 0 Å². The van der Waals surface area contributed by atoms with E-state index in [-0.39, 0.29) is 5.56 Å². The Hall–Kier alpha value is -1.12. The van der Waals surface area contributed by atoms with E-state index in [1.165, 1.54) is 18.2 Å². The molecule has 0 unspecified atom stereocenters. The summed E-state index contributed by atoms with van der Waals surface area (Å²) in [5, 5.41) is 0. The molecule has 0 aliphatic heterocycles. The fourth-order valence-corrected chi connectivity index (χ4v) is 0.835. The molecule has 3 heteroatoms. The lowest BCUT2D eigenvalue weighted by Gasteiger charge is -2.02. The molecule has 0 saturated heterocycles. The summed E-state index contributed by atoms with van der Waals surface area (Å²) in [6.07, 6.45) is -2.41. The fourth-order valence-electron chi connectivity index (χ4n) is 0.835. The maximum atomic E-state index is 12.0. The largest absolute Gasteiger partial charge is 0.399 e. The number of alkyl halides is 2. The van der Waals surface area contributed by atoms with Crippen molar-refractivity contribution in [3.05, 3.63) is 29.3 Å². The lowest BCUT2D eigenvalue weighted by molar-refractivity contribution is 0.151. The number of rotatable bonds is 1. The first-order valence-electron chi connectivity index (χ1n) is 3.25. The van der Waals surface area contributed by atoms with Crippen LogP contribution in [0.1, 0.15) is 17.6 Å². The van der Waals surface area contributed by atoms with Crippen LogP contribution < -0.4 is 5.73 Å². The molecule has 0 spiro atoms. The smallest absolute Gasteiger partial charge is 0.263 e. The van der Waals surface area contributed by atoms with E-state index in [4.69, 9.17) is 5.73 Å². The molecule has 0 aliphatic rings. The standard InChI is InChI=1S/C8H9F2N/c1-5-4-6(8(9)10)2-3-7(5)11/h2-4,8H,11H2,1H3. The van der Waals surface area contributed by atoms with E-state index in [2.05, 4.69) is 0 Å². The van der Waals surface area contributed by atoms with Crippen molar-refractivity contribution in [3.8, 4) is 0 Å². The Balaban J connectivity index is 3.05. The monoisotopic (exact) mass is 157 g/mol. The summed E-state index contributed by atoms with van der Waals surface area (Å²) in [5.41, 5.74) is 6.72. The van der Waals surface area contributed by atoms with Crippen LogP contribution in [-0.2, 0) is 0 Å². The van der Waals surface area contributed by atoms with Gasteiger partial charge in [-0.05, 0) is 24.6 Å². The molecule has 0 fully saturated rings. The van der Waals surface area contributed by atoms with Crippen molar-refractivity contribution in [3.63, 3.8) is 0 Å². The van der Waals surface area contributed by atoms with Crippen molar-refractivity contribution in [1.82, 2.24) is 0 Å². The summed E-state index contributed by atoms with van der Waals surface area (Å²) in [6, 6.07) is 4.24. The molecule has 0 heterocycles. The predicted molar refractivity (Wildman–Crippen MR) is 40.5 cm³/mol. The summed E-state index contributed by atoms with van der Waals surface area (Å²) >= 11 is 0. The summed E-state index contributed by atoms with van der Waals surface area (Å²) in [7, 11) is 0. The van der Waals surface area contributed by atoms with Gasteiger partial charge in [-0.15, -0.1) is 0 Å². The molecule has 0 atom stereocenters. The predicted octanol–water partition coefficient (Wildman–Crippen LogP) is 2.51. The molecule has 0 saturated carbocycles. The van der Waals surface area contributed by atoms with E-state index >= 15 is 0 Å². The summed E-state index contributed by atoms with van der Waals surface area (Å²) in [6.45, 7) is 1.71. The van der Waals surface area contributed by atoms with Crippen molar-refractivity contribution in [2.24, 2.45) is 0 Å². The van der Waals surface area contributed by atoms with Crippen LogP contribution in [0.15, 0.2) is 18.2 Å². The molecule has 60 valence electrons. The van der Waals surface area contributed by atoms with E-state index in [1.54, 1.807) is 6.92 Å². The van der Waals surface area contributed by atoms with Gasteiger partial charge < -0.3 is 5.73 Å². The number of nitrogens with two attached hydrogens (primary N) is 1. The van der Waals surface area contributed by atoms with Crippen molar-refractivity contribution in [2.75, 3.05) is 5.73 Å². The van der Waals surface area contributed by atoms with Crippen molar-refractivity contribution in [2.45, 2.75) is 13.3 Å². The van der Waals surface area contributed by atoms with Crippen LogP contribution in [0.25, 0.3) is 0 Å². The van der Waals surface area contributed by atoms with Crippen LogP contribution in [0.2, 0.25) is 0 Å². The van der Waals surface area contributed by atoms with Gasteiger partial charge in [0, 0.05) is 11.3 Å². The number of benzene rings is 1. The topological polar surface area (TPSA) is 26.0 Å². The first kappa shape index (κ1) is 7.98. The molecule has 0 bridgehead atoms. The number of nitrogen functional groups attached to an aromatic ring is 1. The van der Waals surface area contributed by atoms with Gasteiger partial charge in [-0.3, -0.25) is 0 Å². The molecule has 2 N–H and O–H groups in total. The van der Waals surface area contributed by atoms with Gasteiger partial charge in [-0.1, -0.05) is 6.07 Å². The number of halogens is 2. The lowest BCUT2D eigenvalue weighted by atomic mass is 10.1. The zero-order valence-corrected chi connectivity index (χ0v) is 6.14. The highest BCUT2D eigenvalue weighted by Gasteiger charge is 2.06. The second-order valence-electron chi connectivity index (χ2n) is 2.42. The Kier molecular flexibility index (Phi) is 2.08.